The van der Waals surface area contributed by atoms with E-state index in [-0.39, 0.29) is 5.92 Å². The van der Waals surface area contributed by atoms with Crippen LogP contribution in [0, 0.1) is 11.3 Å². The average molecular weight is 373 g/mol. The van der Waals surface area contributed by atoms with Crippen molar-refractivity contribution >= 4 is 22.6 Å². The second-order valence-corrected chi connectivity index (χ2v) is 7.33. The number of aromatic amines is 1. The number of rotatable bonds is 5. The van der Waals surface area contributed by atoms with Crippen molar-refractivity contribution in [2.24, 2.45) is 0 Å². The maximum atomic E-state index is 11.7. The van der Waals surface area contributed by atoms with Gasteiger partial charge in [0.25, 0.3) is 0 Å². The van der Waals surface area contributed by atoms with Gasteiger partial charge in [0.05, 0.1) is 11.6 Å². The molecule has 5 heteroatoms. The summed E-state index contributed by atoms with van der Waals surface area (Å²) in [6.45, 7) is 2.92. The molecule has 4 rings (SSSR count). The van der Waals surface area contributed by atoms with E-state index >= 15 is 0 Å². The van der Waals surface area contributed by atoms with Crippen LogP contribution in [0.25, 0.3) is 10.9 Å². The van der Waals surface area contributed by atoms with Crippen molar-refractivity contribution < 1.29 is 9.90 Å². The molecule has 2 unspecified atom stereocenters. The highest BCUT2D eigenvalue weighted by Crippen LogP contribution is 2.40. The van der Waals surface area contributed by atoms with Crippen molar-refractivity contribution in [1.29, 1.82) is 5.26 Å². The lowest BCUT2D eigenvalue weighted by molar-refractivity contribution is -0.138. The number of anilines is 1. The van der Waals surface area contributed by atoms with Crippen molar-refractivity contribution in [3.63, 3.8) is 0 Å². The van der Waals surface area contributed by atoms with Crippen molar-refractivity contribution in [3.8, 4) is 6.07 Å². The van der Waals surface area contributed by atoms with Gasteiger partial charge < -0.3 is 15.0 Å². The molecule has 1 fully saturated rings. The van der Waals surface area contributed by atoms with Crippen molar-refractivity contribution in [2.75, 3.05) is 11.4 Å². The first kappa shape index (κ1) is 18.1. The predicted molar refractivity (Wildman–Crippen MR) is 110 cm³/mol. The molecule has 1 aliphatic rings. The number of H-pyrrole nitrogens is 1. The Balaban J connectivity index is 1.80. The Morgan fingerprint density at radius 2 is 2.14 bits per heavy atom. The SMILES string of the molecule is CCC(c1ccccc1N1CCCC1C(=O)O)c1c[nH]c2cc(C#N)ccc12. The van der Waals surface area contributed by atoms with Gasteiger partial charge in [-0.2, -0.15) is 5.26 Å². The first-order valence-corrected chi connectivity index (χ1v) is 9.73. The fourth-order valence-corrected chi connectivity index (χ4v) is 4.47. The van der Waals surface area contributed by atoms with Crippen LogP contribution in [0.15, 0.2) is 48.7 Å². The monoisotopic (exact) mass is 373 g/mol. The minimum absolute atomic E-state index is 0.146. The summed E-state index contributed by atoms with van der Waals surface area (Å²) < 4.78 is 0. The number of benzene rings is 2. The van der Waals surface area contributed by atoms with Crippen LogP contribution in [0.5, 0.6) is 0 Å². The van der Waals surface area contributed by atoms with Crippen molar-refractivity contribution in [2.45, 2.75) is 38.1 Å². The molecule has 0 bridgehead atoms. The summed E-state index contributed by atoms with van der Waals surface area (Å²) in [6.07, 6.45) is 4.50. The molecule has 0 amide bonds. The highest BCUT2D eigenvalue weighted by molar-refractivity contribution is 5.86. The lowest BCUT2D eigenvalue weighted by Gasteiger charge is -2.29. The van der Waals surface area contributed by atoms with Crippen molar-refractivity contribution in [3.05, 3.63) is 65.4 Å². The summed E-state index contributed by atoms with van der Waals surface area (Å²) in [5.74, 6) is -0.607. The fourth-order valence-electron chi connectivity index (χ4n) is 4.47. The number of hydrogen-bond acceptors (Lipinski definition) is 3. The van der Waals surface area contributed by atoms with E-state index in [1.54, 1.807) is 0 Å². The van der Waals surface area contributed by atoms with Gasteiger partial charge in [-0.3, -0.25) is 0 Å². The normalized spacial score (nSPS) is 17.6. The number of aliphatic carboxylic acids is 1. The summed E-state index contributed by atoms with van der Waals surface area (Å²) in [4.78, 5) is 17.1. The van der Waals surface area contributed by atoms with Crippen LogP contribution in [0.4, 0.5) is 5.69 Å². The molecule has 5 nitrogen and oxygen atoms in total. The number of fused-ring (bicyclic) bond motifs is 1. The van der Waals surface area contributed by atoms with Gasteiger partial charge in [-0.05, 0) is 48.6 Å². The number of nitriles is 1. The van der Waals surface area contributed by atoms with Gasteiger partial charge in [0, 0.05) is 35.2 Å². The van der Waals surface area contributed by atoms with E-state index in [4.69, 9.17) is 5.26 Å². The van der Waals surface area contributed by atoms with E-state index in [1.165, 1.54) is 5.56 Å². The van der Waals surface area contributed by atoms with Crippen LogP contribution in [0.3, 0.4) is 0 Å². The summed E-state index contributed by atoms with van der Waals surface area (Å²) >= 11 is 0. The zero-order chi connectivity index (χ0) is 19.7. The van der Waals surface area contributed by atoms with E-state index in [0.29, 0.717) is 12.0 Å². The minimum atomic E-state index is -0.753. The van der Waals surface area contributed by atoms with Gasteiger partial charge in [0.15, 0.2) is 0 Å². The van der Waals surface area contributed by atoms with Crippen molar-refractivity contribution in [1.82, 2.24) is 4.98 Å². The Morgan fingerprint density at radius 1 is 1.32 bits per heavy atom. The molecule has 2 atom stereocenters. The number of aromatic nitrogens is 1. The number of carbonyl (C=O) groups is 1. The standard InChI is InChI=1S/C23H23N3O2/c1-2-16(19-14-25-20-12-15(13-24)9-10-17(19)20)18-6-3-4-7-21(18)26-11-5-8-22(26)23(27)28/h3-4,6-7,9-10,12,14,16,22,25H,2,5,8,11H2,1H3,(H,27,28). The molecule has 28 heavy (non-hydrogen) atoms. The number of hydrogen-bond donors (Lipinski definition) is 2. The van der Waals surface area contributed by atoms with Gasteiger partial charge >= 0.3 is 5.97 Å². The average Bonchev–Trinajstić information content (AvgIpc) is 3.36. The summed E-state index contributed by atoms with van der Waals surface area (Å²) in [5.41, 5.74) is 4.94. The van der Waals surface area contributed by atoms with Crippen LogP contribution < -0.4 is 4.90 Å². The summed E-state index contributed by atoms with van der Waals surface area (Å²) in [6, 6.07) is 15.6. The third kappa shape index (κ3) is 3.01. The number of para-hydroxylation sites is 1. The molecule has 2 heterocycles. The predicted octanol–water partition coefficient (Wildman–Crippen LogP) is 4.63. The third-order valence-electron chi connectivity index (χ3n) is 5.79. The molecule has 0 radical (unpaired) electrons. The molecular weight excluding hydrogens is 350 g/mol. The lowest BCUT2D eigenvalue weighted by Crippen LogP contribution is -2.36. The molecule has 2 aromatic carbocycles. The molecular formula is C23H23N3O2. The number of carboxylic acid groups (broad SMARTS) is 1. The van der Waals surface area contributed by atoms with Crippen LogP contribution in [-0.2, 0) is 4.79 Å². The minimum Gasteiger partial charge on any atom is -0.480 e. The summed E-state index contributed by atoms with van der Waals surface area (Å²) in [5, 5.41) is 19.9. The van der Waals surface area contributed by atoms with E-state index in [1.807, 2.05) is 47.5 Å². The highest BCUT2D eigenvalue weighted by atomic mass is 16.4. The van der Waals surface area contributed by atoms with Crippen LogP contribution in [0.1, 0.15) is 48.8 Å². The smallest absolute Gasteiger partial charge is 0.326 e. The molecule has 1 aromatic heterocycles. The van der Waals surface area contributed by atoms with Gasteiger partial charge in [-0.25, -0.2) is 4.79 Å². The zero-order valence-corrected chi connectivity index (χ0v) is 15.9. The van der Waals surface area contributed by atoms with E-state index < -0.39 is 12.0 Å². The molecule has 1 saturated heterocycles. The quantitative estimate of drug-likeness (QED) is 0.683. The zero-order valence-electron chi connectivity index (χ0n) is 15.9. The van der Waals surface area contributed by atoms with E-state index in [2.05, 4.69) is 24.0 Å². The van der Waals surface area contributed by atoms with Gasteiger partial charge in [0.1, 0.15) is 6.04 Å². The van der Waals surface area contributed by atoms with Gasteiger partial charge in [-0.1, -0.05) is 31.2 Å². The number of nitrogens with one attached hydrogen (secondary N) is 1. The Labute approximate surface area is 164 Å². The molecule has 0 spiro atoms. The second-order valence-electron chi connectivity index (χ2n) is 7.33. The molecule has 1 aliphatic heterocycles. The van der Waals surface area contributed by atoms with E-state index in [0.717, 1.165) is 41.5 Å². The molecule has 3 aromatic rings. The largest absolute Gasteiger partial charge is 0.480 e. The van der Waals surface area contributed by atoms with Crippen LogP contribution >= 0.6 is 0 Å². The summed E-state index contributed by atoms with van der Waals surface area (Å²) in [7, 11) is 0. The van der Waals surface area contributed by atoms with Crippen LogP contribution in [-0.4, -0.2) is 28.6 Å². The maximum Gasteiger partial charge on any atom is 0.326 e. The van der Waals surface area contributed by atoms with Gasteiger partial charge in [-0.15, -0.1) is 0 Å². The Morgan fingerprint density at radius 3 is 2.89 bits per heavy atom. The van der Waals surface area contributed by atoms with Crippen LogP contribution in [0.2, 0.25) is 0 Å². The molecule has 0 saturated carbocycles. The Hall–Kier alpha value is -3.26. The highest BCUT2D eigenvalue weighted by Gasteiger charge is 2.33. The third-order valence-corrected chi connectivity index (χ3v) is 5.79. The fraction of sp³-hybridized carbons (Fsp3) is 0.304. The lowest BCUT2D eigenvalue weighted by atomic mass is 9.87. The van der Waals surface area contributed by atoms with E-state index in [9.17, 15) is 9.90 Å². The second kappa shape index (κ2) is 7.40. The van der Waals surface area contributed by atoms with Gasteiger partial charge in [0.2, 0.25) is 0 Å². The molecule has 142 valence electrons. The Kier molecular flexibility index (Phi) is 4.79. The molecule has 0 aliphatic carbocycles. The number of nitrogens with zero attached hydrogens (tertiary/aromatic N) is 2. The maximum absolute atomic E-state index is 11.7. The number of carboxylic acids is 1. The topological polar surface area (TPSA) is 80.1 Å². The first-order chi connectivity index (χ1) is 13.6. The first-order valence-electron chi connectivity index (χ1n) is 9.73. The molecule has 2 N–H and O–H groups in total. The Bertz CT molecular complexity index is 1060.